The van der Waals surface area contributed by atoms with Gasteiger partial charge in [-0.05, 0) is 24.3 Å². The maximum absolute atomic E-state index is 11.8. The number of ether oxygens (including phenoxy) is 1. The molecule has 0 aromatic heterocycles. The van der Waals surface area contributed by atoms with Gasteiger partial charge in [0.15, 0.2) is 0 Å². The van der Waals surface area contributed by atoms with Gasteiger partial charge in [-0.3, -0.25) is 4.79 Å². The molecule has 5 nitrogen and oxygen atoms in total. The number of esters is 1. The third-order valence-electron chi connectivity index (χ3n) is 2.34. The second kappa shape index (κ2) is 6.42. The van der Waals surface area contributed by atoms with E-state index in [1.165, 1.54) is 7.11 Å². The van der Waals surface area contributed by atoms with Crippen LogP contribution in [-0.2, 0) is 9.53 Å². The van der Waals surface area contributed by atoms with Gasteiger partial charge in [-0.2, -0.15) is 0 Å². The van der Waals surface area contributed by atoms with Gasteiger partial charge < -0.3 is 15.8 Å². The molecule has 0 spiro atoms. The van der Waals surface area contributed by atoms with Crippen LogP contribution in [-0.4, -0.2) is 31.6 Å². The van der Waals surface area contributed by atoms with Gasteiger partial charge >= 0.3 is 5.97 Å². The van der Waals surface area contributed by atoms with Crippen molar-refractivity contribution in [3.63, 3.8) is 0 Å². The molecule has 0 unspecified atom stereocenters. The molecule has 0 aliphatic carbocycles. The van der Waals surface area contributed by atoms with E-state index in [0.717, 1.165) is 0 Å². The summed E-state index contributed by atoms with van der Waals surface area (Å²) in [7, 11) is 1.23. The number of carbonyl (C=O) groups excluding carboxylic acids is 2. The summed E-state index contributed by atoms with van der Waals surface area (Å²) in [5.74, 6) is 1.47. The Morgan fingerprint density at radius 2 is 2.06 bits per heavy atom. The molecule has 0 bridgehead atoms. The number of rotatable bonds is 4. The van der Waals surface area contributed by atoms with Crippen molar-refractivity contribution >= 4 is 11.9 Å². The van der Waals surface area contributed by atoms with Gasteiger partial charge in [-0.15, -0.1) is 6.42 Å². The summed E-state index contributed by atoms with van der Waals surface area (Å²) in [6, 6.07) is 5.59. The number of carbonyl (C=O) groups is 2. The average Bonchev–Trinajstić information content (AvgIpc) is 2.43. The van der Waals surface area contributed by atoms with Crippen LogP contribution in [0.4, 0.5) is 0 Å². The summed E-state index contributed by atoms with van der Waals surface area (Å²) in [6.45, 7) is -0.0269. The van der Waals surface area contributed by atoms with Crippen molar-refractivity contribution in [2.45, 2.75) is 6.04 Å². The fourth-order valence-electron chi connectivity index (χ4n) is 1.32. The zero-order chi connectivity index (χ0) is 13.5. The minimum atomic E-state index is -0.852. The Hall–Kier alpha value is -2.32. The number of benzene rings is 1. The smallest absolute Gasteiger partial charge is 0.329 e. The van der Waals surface area contributed by atoms with Crippen molar-refractivity contribution < 1.29 is 14.3 Å². The van der Waals surface area contributed by atoms with E-state index in [2.05, 4.69) is 16.0 Å². The molecular formula is C13H14N2O3. The van der Waals surface area contributed by atoms with Crippen LogP contribution in [0.25, 0.3) is 0 Å². The largest absolute Gasteiger partial charge is 0.467 e. The van der Waals surface area contributed by atoms with Crippen LogP contribution in [0.5, 0.6) is 0 Å². The lowest BCUT2D eigenvalue weighted by molar-refractivity contribution is -0.142. The number of hydrogen-bond donors (Lipinski definition) is 2. The first-order valence-electron chi connectivity index (χ1n) is 5.27. The van der Waals surface area contributed by atoms with Gasteiger partial charge in [0.2, 0.25) is 0 Å². The standard InChI is InChI=1S/C13H14N2O3/c1-3-9-4-6-10(7-5-9)12(16)15-11(8-14)13(17)18-2/h1,4-7,11H,8,14H2,2H3,(H,15,16)/t11-/m0/s1. The Labute approximate surface area is 105 Å². The van der Waals surface area contributed by atoms with Gasteiger partial charge in [0, 0.05) is 17.7 Å². The molecule has 0 aliphatic rings. The second-order valence-electron chi connectivity index (χ2n) is 3.51. The Balaban J connectivity index is 2.75. The summed E-state index contributed by atoms with van der Waals surface area (Å²) >= 11 is 0. The Morgan fingerprint density at radius 1 is 1.44 bits per heavy atom. The molecule has 1 aromatic carbocycles. The fourth-order valence-corrected chi connectivity index (χ4v) is 1.32. The highest BCUT2D eigenvalue weighted by molar-refractivity contribution is 5.96. The van der Waals surface area contributed by atoms with E-state index in [-0.39, 0.29) is 6.54 Å². The van der Waals surface area contributed by atoms with Crippen molar-refractivity contribution in [2.24, 2.45) is 5.73 Å². The van der Waals surface area contributed by atoms with Gasteiger partial charge in [-0.25, -0.2) is 4.79 Å². The molecule has 0 saturated carbocycles. The Bertz CT molecular complexity index is 474. The third-order valence-corrected chi connectivity index (χ3v) is 2.34. The first kappa shape index (κ1) is 13.7. The summed E-state index contributed by atoms with van der Waals surface area (Å²) in [5.41, 5.74) is 6.45. The van der Waals surface area contributed by atoms with Crippen LogP contribution in [0, 0.1) is 12.3 Å². The monoisotopic (exact) mass is 246 g/mol. The molecule has 1 atom stereocenters. The number of nitrogens with one attached hydrogen (secondary N) is 1. The van der Waals surface area contributed by atoms with Crippen molar-refractivity contribution in [1.82, 2.24) is 5.32 Å². The van der Waals surface area contributed by atoms with Crippen molar-refractivity contribution in [1.29, 1.82) is 0 Å². The van der Waals surface area contributed by atoms with E-state index in [1.807, 2.05) is 0 Å². The lowest BCUT2D eigenvalue weighted by atomic mass is 10.1. The minimum Gasteiger partial charge on any atom is -0.467 e. The quantitative estimate of drug-likeness (QED) is 0.574. The van der Waals surface area contributed by atoms with Gasteiger partial charge in [0.1, 0.15) is 6.04 Å². The number of amides is 1. The molecule has 1 rings (SSSR count). The lowest BCUT2D eigenvalue weighted by Crippen LogP contribution is -2.46. The fraction of sp³-hybridized carbons (Fsp3) is 0.231. The molecule has 0 saturated heterocycles. The van der Waals surface area contributed by atoms with Crippen molar-refractivity contribution in [3.8, 4) is 12.3 Å². The van der Waals surface area contributed by atoms with Gasteiger partial charge in [0.25, 0.3) is 5.91 Å². The predicted molar refractivity (Wildman–Crippen MR) is 66.7 cm³/mol. The molecule has 1 amide bonds. The van der Waals surface area contributed by atoms with Crippen LogP contribution in [0.3, 0.4) is 0 Å². The van der Waals surface area contributed by atoms with Crippen LogP contribution >= 0.6 is 0 Å². The Morgan fingerprint density at radius 3 is 2.50 bits per heavy atom. The van der Waals surface area contributed by atoms with Crippen LogP contribution in [0.1, 0.15) is 15.9 Å². The molecule has 0 heterocycles. The zero-order valence-electron chi connectivity index (χ0n) is 9.97. The predicted octanol–water partition coefficient (Wildman–Crippen LogP) is -0.102. The second-order valence-corrected chi connectivity index (χ2v) is 3.51. The van der Waals surface area contributed by atoms with E-state index in [1.54, 1.807) is 24.3 Å². The maximum atomic E-state index is 11.8. The molecular weight excluding hydrogens is 232 g/mol. The summed E-state index contributed by atoms with van der Waals surface area (Å²) < 4.78 is 4.52. The van der Waals surface area contributed by atoms with E-state index in [4.69, 9.17) is 12.2 Å². The Kier molecular flexibility index (Phi) is 4.90. The molecule has 1 aromatic rings. The van der Waals surface area contributed by atoms with E-state index >= 15 is 0 Å². The first-order valence-corrected chi connectivity index (χ1v) is 5.27. The SMILES string of the molecule is C#Cc1ccc(C(=O)N[C@@H](CN)C(=O)OC)cc1. The number of methoxy groups -OCH3 is 1. The average molecular weight is 246 g/mol. The summed E-state index contributed by atoms with van der Waals surface area (Å²) in [5, 5.41) is 2.48. The zero-order valence-corrected chi connectivity index (χ0v) is 9.97. The molecule has 18 heavy (non-hydrogen) atoms. The van der Waals surface area contributed by atoms with E-state index in [0.29, 0.717) is 11.1 Å². The van der Waals surface area contributed by atoms with Gasteiger partial charge in [0.05, 0.1) is 7.11 Å². The van der Waals surface area contributed by atoms with Crippen molar-refractivity contribution in [3.05, 3.63) is 35.4 Å². The first-order chi connectivity index (χ1) is 8.62. The third kappa shape index (κ3) is 3.34. The lowest BCUT2D eigenvalue weighted by Gasteiger charge is -2.14. The molecule has 3 N–H and O–H groups in total. The summed E-state index contributed by atoms with van der Waals surface area (Å²) in [6.07, 6.45) is 5.21. The van der Waals surface area contributed by atoms with Crippen LogP contribution in [0.2, 0.25) is 0 Å². The van der Waals surface area contributed by atoms with Crippen molar-refractivity contribution in [2.75, 3.05) is 13.7 Å². The molecule has 0 aliphatic heterocycles. The molecule has 0 fully saturated rings. The number of terminal acetylenes is 1. The highest BCUT2D eigenvalue weighted by atomic mass is 16.5. The topological polar surface area (TPSA) is 81.4 Å². The maximum Gasteiger partial charge on any atom is 0.329 e. The molecule has 94 valence electrons. The normalized spacial score (nSPS) is 11.2. The van der Waals surface area contributed by atoms with E-state index < -0.39 is 17.9 Å². The minimum absolute atomic E-state index is 0.0269. The number of hydrogen-bond acceptors (Lipinski definition) is 4. The van der Waals surface area contributed by atoms with Gasteiger partial charge in [-0.1, -0.05) is 5.92 Å². The number of nitrogens with two attached hydrogens (primary N) is 1. The highest BCUT2D eigenvalue weighted by Gasteiger charge is 2.20. The van der Waals surface area contributed by atoms with Crippen LogP contribution < -0.4 is 11.1 Å². The molecule has 0 radical (unpaired) electrons. The molecule has 5 heteroatoms. The van der Waals surface area contributed by atoms with Crippen LogP contribution in [0.15, 0.2) is 24.3 Å². The van der Waals surface area contributed by atoms with E-state index in [9.17, 15) is 9.59 Å². The summed E-state index contributed by atoms with van der Waals surface area (Å²) in [4.78, 5) is 23.1. The highest BCUT2D eigenvalue weighted by Crippen LogP contribution is 2.03.